The van der Waals surface area contributed by atoms with E-state index in [4.69, 9.17) is 0 Å². The maximum atomic E-state index is 14.8. The molecule has 1 aliphatic heterocycles. The summed E-state index contributed by atoms with van der Waals surface area (Å²) in [7, 11) is 0. The lowest BCUT2D eigenvalue weighted by molar-refractivity contribution is -0.137. The van der Waals surface area contributed by atoms with Crippen molar-refractivity contribution in [1.29, 1.82) is 0 Å². The van der Waals surface area contributed by atoms with Gasteiger partial charge in [0.15, 0.2) is 0 Å². The molecule has 1 fully saturated rings. The lowest BCUT2D eigenvalue weighted by Crippen LogP contribution is -2.51. The van der Waals surface area contributed by atoms with E-state index in [9.17, 15) is 22.4 Å². The minimum atomic E-state index is -4.46. The van der Waals surface area contributed by atoms with Crippen molar-refractivity contribution in [3.05, 3.63) is 65.9 Å². The highest BCUT2D eigenvalue weighted by Crippen LogP contribution is 2.30. The molecule has 1 aliphatic rings. The first kappa shape index (κ1) is 22.7. The first-order chi connectivity index (χ1) is 15.8. The third-order valence-electron chi connectivity index (χ3n) is 5.80. The Balaban J connectivity index is 1.56. The minimum Gasteiger partial charge on any atom is -0.368 e. The van der Waals surface area contributed by atoms with E-state index in [1.54, 1.807) is 11.0 Å². The molecule has 2 aromatic heterocycles. The molecule has 174 valence electrons. The fourth-order valence-corrected chi connectivity index (χ4v) is 4.06. The number of alkyl halides is 3. The Morgan fingerprint density at radius 3 is 2.61 bits per heavy atom. The maximum Gasteiger partial charge on any atom is 0.417 e. The smallest absolute Gasteiger partial charge is 0.368 e. The molecule has 1 amide bonds. The van der Waals surface area contributed by atoms with E-state index in [0.29, 0.717) is 6.54 Å². The van der Waals surface area contributed by atoms with E-state index in [2.05, 4.69) is 20.5 Å². The quantitative estimate of drug-likeness (QED) is 0.576. The molecule has 0 spiro atoms. The van der Waals surface area contributed by atoms with Gasteiger partial charge in [-0.1, -0.05) is 13.0 Å². The lowest BCUT2D eigenvalue weighted by atomic mass is 9.90. The van der Waals surface area contributed by atoms with E-state index < -0.39 is 23.5 Å². The predicted molar refractivity (Wildman–Crippen MR) is 112 cm³/mol. The molecule has 0 unspecified atom stereocenters. The van der Waals surface area contributed by atoms with Crippen LogP contribution in [-0.4, -0.2) is 49.9 Å². The number of pyridine rings is 1. The molecule has 11 heteroatoms. The summed E-state index contributed by atoms with van der Waals surface area (Å²) in [6, 6.07) is 6.16. The van der Waals surface area contributed by atoms with Crippen molar-refractivity contribution in [2.24, 2.45) is 5.92 Å². The van der Waals surface area contributed by atoms with Crippen molar-refractivity contribution in [3.63, 3.8) is 0 Å². The summed E-state index contributed by atoms with van der Waals surface area (Å²) in [5, 5.41) is 11.1. The number of anilines is 1. The summed E-state index contributed by atoms with van der Waals surface area (Å²) in [6.45, 7) is 2.68. The molecule has 1 N–H and O–H groups in total. The zero-order valence-corrected chi connectivity index (χ0v) is 17.8. The molecule has 3 aromatic rings. The number of carbonyl (C=O) groups is 1. The van der Waals surface area contributed by atoms with Crippen LogP contribution in [0, 0.1) is 11.7 Å². The zero-order valence-electron chi connectivity index (χ0n) is 17.8. The minimum absolute atomic E-state index is 0.0858. The van der Waals surface area contributed by atoms with Gasteiger partial charge < -0.3 is 10.2 Å². The van der Waals surface area contributed by atoms with Gasteiger partial charge in [-0.2, -0.15) is 28.2 Å². The van der Waals surface area contributed by atoms with Gasteiger partial charge in [-0.15, -0.1) is 0 Å². The highest BCUT2D eigenvalue weighted by Gasteiger charge is 2.35. The van der Waals surface area contributed by atoms with Gasteiger partial charge in [0.1, 0.15) is 22.9 Å². The largest absolute Gasteiger partial charge is 0.417 e. The van der Waals surface area contributed by atoms with Gasteiger partial charge in [0, 0.05) is 19.3 Å². The van der Waals surface area contributed by atoms with Crippen LogP contribution in [-0.2, 0) is 6.18 Å². The summed E-state index contributed by atoms with van der Waals surface area (Å²) < 4.78 is 53.1. The van der Waals surface area contributed by atoms with Gasteiger partial charge in [0.25, 0.3) is 5.91 Å². The van der Waals surface area contributed by atoms with Crippen LogP contribution < -0.4 is 5.32 Å². The summed E-state index contributed by atoms with van der Waals surface area (Å²) in [5.41, 5.74) is -0.727. The zero-order chi connectivity index (χ0) is 23.6. The van der Waals surface area contributed by atoms with Gasteiger partial charge in [0.05, 0.1) is 24.0 Å². The molecule has 1 saturated heterocycles. The maximum absolute atomic E-state index is 14.8. The first-order valence-electron chi connectivity index (χ1n) is 10.5. The van der Waals surface area contributed by atoms with Crippen LogP contribution in [0.1, 0.15) is 35.7 Å². The molecular weight excluding hydrogens is 440 g/mol. The van der Waals surface area contributed by atoms with Gasteiger partial charge in [-0.25, -0.2) is 9.37 Å². The van der Waals surface area contributed by atoms with Crippen LogP contribution in [0.15, 0.2) is 48.9 Å². The molecule has 4 rings (SSSR count). The van der Waals surface area contributed by atoms with Gasteiger partial charge >= 0.3 is 6.18 Å². The third-order valence-corrected chi connectivity index (χ3v) is 5.80. The Bertz CT molecular complexity index is 1100. The normalized spacial score (nSPS) is 18.9. The van der Waals surface area contributed by atoms with E-state index in [0.717, 1.165) is 25.1 Å². The molecule has 0 aliphatic carbocycles. The van der Waals surface area contributed by atoms with Crippen LogP contribution in [0.25, 0.3) is 5.69 Å². The van der Waals surface area contributed by atoms with Gasteiger partial charge in [-0.05, 0) is 43.0 Å². The average Bonchev–Trinajstić information content (AvgIpc) is 3.32. The SMILES string of the molecule is C[C@@H]1CCCN(C(=O)c2c(F)cccc2-n2nccn2)[C@@H]1CNc1ccc(C(F)(F)F)cn1. The van der Waals surface area contributed by atoms with Crippen LogP contribution in [0.3, 0.4) is 0 Å². The van der Waals surface area contributed by atoms with Crippen LogP contribution >= 0.6 is 0 Å². The lowest BCUT2D eigenvalue weighted by Gasteiger charge is -2.40. The number of rotatable bonds is 5. The molecule has 1 aromatic carbocycles. The van der Waals surface area contributed by atoms with E-state index in [-0.39, 0.29) is 35.6 Å². The van der Waals surface area contributed by atoms with Crippen LogP contribution in [0.4, 0.5) is 23.4 Å². The number of carbonyl (C=O) groups excluding carboxylic acids is 1. The van der Waals surface area contributed by atoms with E-state index >= 15 is 0 Å². The molecule has 0 bridgehead atoms. The van der Waals surface area contributed by atoms with Crippen molar-refractivity contribution < 1.29 is 22.4 Å². The van der Waals surface area contributed by atoms with Crippen LogP contribution in [0.2, 0.25) is 0 Å². The topological polar surface area (TPSA) is 75.9 Å². The molecule has 0 radical (unpaired) electrons. The Morgan fingerprint density at radius 2 is 1.94 bits per heavy atom. The fraction of sp³-hybridized carbons (Fsp3) is 0.364. The van der Waals surface area contributed by atoms with Crippen molar-refractivity contribution in [2.45, 2.75) is 32.0 Å². The number of likely N-dealkylation sites (tertiary alicyclic amines) is 1. The number of hydrogen-bond acceptors (Lipinski definition) is 5. The number of aromatic nitrogens is 4. The monoisotopic (exact) mass is 462 g/mol. The van der Waals surface area contributed by atoms with Crippen molar-refractivity contribution >= 4 is 11.7 Å². The molecule has 2 atom stereocenters. The summed E-state index contributed by atoms with van der Waals surface area (Å²) in [4.78, 5) is 20.1. The standard InChI is InChI=1S/C22H22F4N6O/c1-14-4-3-11-31(18(14)13-28-19-8-7-15(12-27-19)22(24,25)26)21(33)20-16(23)5-2-6-17(20)32-29-9-10-30-32/h2,5-10,12,14,18H,3-4,11,13H2,1H3,(H,27,28)/t14-,18-/m1/s1. The fourth-order valence-electron chi connectivity index (χ4n) is 4.06. The van der Waals surface area contributed by atoms with Crippen molar-refractivity contribution in [3.8, 4) is 5.69 Å². The van der Waals surface area contributed by atoms with Gasteiger partial charge in [0.2, 0.25) is 0 Å². The highest BCUT2D eigenvalue weighted by molar-refractivity contribution is 5.98. The Morgan fingerprint density at radius 1 is 1.18 bits per heavy atom. The highest BCUT2D eigenvalue weighted by atomic mass is 19.4. The summed E-state index contributed by atoms with van der Waals surface area (Å²) in [5.74, 6) is -0.813. The summed E-state index contributed by atoms with van der Waals surface area (Å²) >= 11 is 0. The van der Waals surface area contributed by atoms with Gasteiger partial charge in [-0.3, -0.25) is 4.79 Å². The summed E-state index contributed by atoms with van der Waals surface area (Å²) in [6.07, 6.45) is 0.788. The molecule has 3 heterocycles. The van der Waals surface area contributed by atoms with Crippen molar-refractivity contribution in [1.82, 2.24) is 24.9 Å². The number of amides is 1. The Labute approximate surface area is 187 Å². The number of nitrogens with one attached hydrogen (secondary N) is 1. The molecule has 0 saturated carbocycles. The average molecular weight is 462 g/mol. The molecular formula is C22H22F4N6O. The second kappa shape index (κ2) is 9.16. The number of piperidine rings is 1. The Kier molecular flexibility index (Phi) is 6.30. The van der Waals surface area contributed by atoms with Crippen molar-refractivity contribution in [2.75, 3.05) is 18.4 Å². The number of nitrogens with zero attached hydrogens (tertiary/aromatic N) is 5. The van der Waals surface area contributed by atoms with E-state index in [1.807, 2.05) is 6.92 Å². The second-order valence-corrected chi connectivity index (χ2v) is 7.95. The van der Waals surface area contributed by atoms with Crippen LogP contribution in [0.5, 0.6) is 0 Å². The number of hydrogen-bond donors (Lipinski definition) is 1. The number of halogens is 4. The molecule has 33 heavy (non-hydrogen) atoms. The third kappa shape index (κ3) is 4.81. The second-order valence-electron chi connectivity index (χ2n) is 7.95. The number of benzene rings is 1. The molecule has 7 nitrogen and oxygen atoms in total. The Hall–Kier alpha value is -3.50. The first-order valence-corrected chi connectivity index (χ1v) is 10.5. The predicted octanol–water partition coefficient (Wildman–Crippen LogP) is 4.17. The van der Waals surface area contributed by atoms with E-state index in [1.165, 1.54) is 35.4 Å².